The third-order valence-electron chi connectivity index (χ3n) is 1.58. The number of H-pyrrole nitrogens is 1. The number of aromatic amines is 1. The molecule has 2 heterocycles. The summed E-state index contributed by atoms with van der Waals surface area (Å²) in [6, 6.07) is 1.70. The van der Waals surface area contributed by atoms with Crippen LogP contribution in [0.1, 0.15) is 0 Å². The molecular formula is C7H4Cl2N4S2. The number of anilines is 1. The topological polar surface area (TPSA) is 67.6 Å². The minimum absolute atomic E-state index is 0.166. The van der Waals surface area contributed by atoms with Gasteiger partial charge in [-0.3, -0.25) is 0 Å². The Hall–Kier alpha value is -0.690. The third-order valence-corrected chi connectivity index (χ3v) is 3.25. The average Bonchev–Trinajstić information content (AvgIpc) is 2.43. The summed E-state index contributed by atoms with van der Waals surface area (Å²) in [4.78, 5) is 10.5. The van der Waals surface area contributed by atoms with E-state index in [2.05, 4.69) is 15.0 Å². The summed E-state index contributed by atoms with van der Waals surface area (Å²) in [6.07, 6.45) is 0. The highest BCUT2D eigenvalue weighted by Gasteiger charge is 2.10. The smallest absolute Gasteiger partial charge is 0.224 e. The Morgan fingerprint density at radius 2 is 2.13 bits per heavy atom. The van der Waals surface area contributed by atoms with Crippen LogP contribution in [0.5, 0.6) is 0 Å². The molecule has 2 aromatic heterocycles. The lowest BCUT2D eigenvalue weighted by molar-refractivity contribution is 1.05. The van der Waals surface area contributed by atoms with E-state index >= 15 is 0 Å². The highest BCUT2D eigenvalue weighted by molar-refractivity contribution is 7.71. The highest BCUT2D eigenvalue weighted by Crippen LogP contribution is 2.36. The van der Waals surface area contributed by atoms with Crippen molar-refractivity contribution in [3.63, 3.8) is 0 Å². The van der Waals surface area contributed by atoms with Crippen LogP contribution in [0, 0.1) is 4.77 Å². The molecule has 0 spiro atoms. The molecule has 0 aromatic carbocycles. The van der Waals surface area contributed by atoms with Gasteiger partial charge < -0.3 is 10.7 Å². The number of hydrogen-bond donors (Lipinski definition) is 2. The van der Waals surface area contributed by atoms with E-state index in [0.717, 1.165) is 0 Å². The number of nitrogens with one attached hydrogen (secondary N) is 1. The minimum Gasteiger partial charge on any atom is -0.369 e. The zero-order valence-corrected chi connectivity index (χ0v) is 10.3. The van der Waals surface area contributed by atoms with Crippen molar-refractivity contribution in [2.75, 3.05) is 5.73 Å². The summed E-state index contributed by atoms with van der Waals surface area (Å²) < 4.78 is 1.27. The van der Waals surface area contributed by atoms with Crippen molar-refractivity contribution in [1.82, 2.24) is 15.0 Å². The fourth-order valence-electron chi connectivity index (χ4n) is 1.03. The van der Waals surface area contributed by atoms with E-state index in [1.165, 1.54) is 11.3 Å². The molecule has 15 heavy (non-hydrogen) atoms. The zero-order chi connectivity index (χ0) is 11.0. The van der Waals surface area contributed by atoms with E-state index in [4.69, 9.17) is 41.2 Å². The fraction of sp³-hybridized carbons (Fsp3) is 0. The Labute approximate surface area is 104 Å². The van der Waals surface area contributed by atoms with Gasteiger partial charge in [0.25, 0.3) is 0 Å². The van der Waals surface area contributed by atoms with Crippen LogP contribution in [0.3, 0.4) is 0 Å². The van der Waals surface area contributed by atoms with Gasteiger partial charge in [0.15, 0.2) is 0 Å². The van der Waals surface area contributed by atoms with E-state index in [1.54, 1.807) is 6.07 Å². The van der Waals surface area contributed by atoms with Gasteiger partial charge in [0.2, 0.25) is 10.7 Å². The summed E-state index contributed by atoms with van der Waals surface area (Å²) in [5, 5.41) is 0. The SMILES string of the molecule is Nc1nc(=S)nc(-c2cc(Cl)sc2Cl)[nH]1. The molecule has 2 rings (SSSR count). The number of halogens is 2. The van der Waals surface area contributed by atoms with E-state index < -0.39 is 0 Å². The second-order valence-electron chi connectivity index (χ2n) is 2.60. The van der Waals surface area contributed by atoms with Gasteiger partial charge in [0, 0.05) is 5.56 Å². The molecule has 0 bridgehead atoms. The number of rotatable bonds is 1. The molecule has 0 amide bonds. The molecule has 2 aromatic rings. The van der Waals surface area contributed by atoms with Crippen LogP contribution in [-0.2, 0) is 0 Å². The molecule has 0 aliphatic carbocycles. The highest BCUT2D eigenvalue weighted by atomic mass is 35.5. The van der Waals surface area contributed by atoms with Gasteiger partial charge in [-0.25, -0.2) is 4.98 Å². The first-order chi connectivity index (χ1) is 7.06. The first-order valence-corrected chi connectivity index (χ1v) is 5.73. The van der Waals surface area contributed by atoms with Crippen LogP contribution in [0.15, 0.2) is 6.07 Å². The lowest BCUT2D eigenvalue weighted by Crippen LogP contribution is -1.99. The lowest BCUT2D eigenvalue weighted by Gasteiger charge is -1.99. The molecule has 0 aliphatic rings. The van der Waals surface area contributed by atoms with Gasteiger partial charge in [-0.2, -0.15) is 4.98 Å². The molecule has 0 saturated carbocycles. The van der Waals surface area contributed by atoms with Gasteiger partial charge in [0.1, 0.15) is 10.2 Å². The Morgan fingerprint density at radius 3 is 2.67 bits per heavy atom. The van der Waals surface area contributed by atoms with Crippen LogP contribution in [0.4, 0.5) is 5.95 Å². The largest absolute Gasteiger partial charge is 0.369 e. The van der Waals surface area contributed by atoms with Crippen molar-refractivity contribution < 1.29 is 0 Å². The summed E-state index contributed by atoms with van der Waals surface area (Å²) >= 11 is 17.9. The van der Waals surface area contributed by atoms with Crippen molar-refractivity contribution in [3.8, 4) is 11.4 Å². The van der Waals surface area contributed by atoms with Gasteiger partial charge in [-0.1, -0.05) is 23.2 Å². The number of nitrogens with two attached hydrogens (primary N) is 1. The molecule has 0 aliphatic heterocycles. The Morgan fingerprint density at radius 1 is 1.40 bits per heavy atom. The second-order valence-corrected chi connectivity index (χ2v) is 5.25. The van der Waals surface area contributed by atoms with E-state index in [1.807, 2.05) is 0 Å². The van der Waals surface area contributed by atoms with Gasteiger partial charge >= 0.3 is 0 Å². The maximum Gasteiger partial charge on any atom is 0.224 e. The molecule has 0 unspecified atom stereocenters. The summed E-state index contributed by atoms with van der Waals surface area (Å²) in [7, 11) is 0. The predicted molar refractivity (Wildman–Crippen MR) is 65.0 cm³/mol. The van der Waals surface area contributed by atoms with Gasteiger partial charge in [-0.05, 0) is 18.3 Å². The van der Waals surface area contributed by atoms with Crippen LogP contribution in [0.25, 0.3) is 11.4 Å². The minimum atomic E-state index is 0.166. The van der Waals surface area contributed by atoms with Gasteiger partial charge in [0.05, 0.1) is 4.34 Å². The maximum absolute atomic E-state index is 5.96. The number of nitrogen functional groups attached to an aromatic ring is 1. The molecular weight excluding hydrogens is 275 g/mol. The maximum atomic E-state index is 5.96. The van der Waals surface area contributed by atoms with Crippen LogP contribution >= 0.6 is 46.8 Å². The van der Waals surface area contributed by atoms with E-state index in [9.17, 15) is 0 Å². The normalized spacial score (nSPS) is 10.5. The van der Waals surface area contributed by atoms with Gasteiger partial charge in [-0.15, -0.1) is 11.3 Å². The van der Waals surface area contributed by atoms with Crippen LogP contribution < -0.4 is 5.73 Å². The monoisotopic (exact) mass is 278 g/mol. The van der Waals surface area contributed by atoms with Crippen LogP contribution in [-0.4, -0.2) is 15.0 Å². The number of hydrogen-bond acceptors (Lipinski definition) is 5. The third kappa shape index (κ3) is 2.28. The lowest BCUT2D eigenvalue weighted by atomic mass is 10.3. The average molecular weight is 279 g/mol. The Bertz CT molecular complexity index is 562. The predicted octanol–water partition coefficient (Wildman–Crippen LogP) is 3.15. The molecule has 4 nitrogen and oxygen atoms in total. The Kier molecular flexibility index (Phi) is 2.92. The number of nitrogens with zero attached hydrogens (tertiary/aromatic N) is 2. The molecule has 0 fully saturated rings. The van der Waals surface area contributed by atoms with E-state index in [0.29, 0.717) is 20.1 Å². The molecule has 8 heteroatoms. The van der Waals surface area contributed by atoms with Crippen molar-refractivity contribution in [2.45, 2.75) is 0 Å². The second kappa shape index (κ2) is 4.05. The zero-order valence-electron chi connectivity index (χ0n) is 7.12. The molecule has 78 valence electrons. The fourth-order valence-corrected chi connectivity index (χ4v) is 2.69. The number of thiophene rings is 1. The Balaban J connectivity index is 2.63. The summed E-state index contributed by atoms with van der Waals surface area (Å²) in [5.74, 6) is 0.670. The van der Waals surface area contributed by atoms with Crippen molar-refractivity contribution in [2.24, 2.45) is 0 Å². The molecule has 0 atom stereocenters. The van der Waals surface area contributed by atoms with Crippen molar-refractivity contribution >= 4 is 52.7 Å². The number of aromatic nitrogens is 3. The molecule has 0 saturated heterocycles. The first kappa shape index (κ1) is 10.8. The summed E-state index contributed by atoms with van der Waals surface area (Å²) in [5.41, 5.74) is 6.18. The summed E-state index contributed by atoms with van der Waals surface area (Å²) in [6.45, 7) is 0. The first-order valence-electron chi connectivity index (χ1n) is 3.75. The quantitative estimate of drug-likeness (QED) is 0.787. The van der Waals surface area contributed by atoms with E-state index in [-0.39, 0.29) is 10.7 Å². The molecule has 3 N–H and O–H groups in total. The van der Waals surface area contributed by atoms with Crippen molar-refractivity contribution in [3.05, 3.63) is 19.5 Å². The van der Waals surface area contributed by atoms with Crippen molar-refractivity contribution in [1.29, 1.82) is 0 Å². The molecule has 0 radical (unpaired) electrons. The standard InChI is InChI=1S/C7H4Cl2N4S2/c8-3-1-2(4(9)15-3)5-11-6(10)13-7(14)12-5/h1H,(H3,10,11,12,13,14). The van der Waals surface area contributed by atoms with Crippen LogP contribution in [0.2, 0.25) is 8.67 Å².